The molecule has 0 radical (unpaired) electrons. The first-order valence-corrected chi connectivity index (χ1v) is 10.5. The van der Waals surface area contributed by atoms with Gasteiger partial charge in [-0.2, -0.15) is 0 Å². The van der Waals surface area contributed by atoms with Crippen LogP contribution in [0.15, 0.2) is 72.8 Å². The second-order valence-electron chi connectivity index (χ2n) is 8.17. The summed E-state index contributed by atoms with van der Waals surface area (Å²) < 4.78 is 6.34. The lowest BCUT2D eigenvalue weighted by Crippen LogP contribution is -2.67. The minimum Gasteiger partial charge on any atom is -0.467 e. The average Bonchev–Trinajstić information content (AvgIpc) is 2.75. The number of urea groups is 1. The molecule has 0 spiro atoms. The highest BCUT2D eigenvalue weighted by Gasteiger charge is 2.55. The summed E-state index contributed by atoms with van der Waals surface area (Å²) in [6.07, 6.45) is 0.454. The molecule has 1 saturated heterocycles. The Morgan fingerprint density at radius 1 is 1.03 bits per heavy atom. The topological polar surface area (TPSA) is 49.9 Å². The molecule has 0 aliphatic carbocycles. The van der Waals surface area contributed by atoms with Crippen molar-refractivity contribution in [3.8, 4) is 5.75 Å². The van der Waals surface area contributed by atoms with Crippen molar-refractivity contribution in [2.24, 2.45) is 0 Å². The van der Waals surface area contributed by atoms with Crippen molar-refractivity contribution in [1.29, 1.82) is 0 Å². The van der Waals surface area contributed by atoms with Crippen LogP contribution in [0.4, 0.5) is 10.5 Å². The molecule has 3 aromatic rings. The number of fused-ring (bicyclic) bond motifs is 4. The third-order valence-electron chi connectivity index (χ3n) is 5.96. The number of amides is 3. The van der Waals surface area contributed by atoms with E-state index in [4.69, 9.17) is 16.3 Å². The summed E-state index contributed by atoms with van der Waals surface area (Å²) >= 11 is 6.07. The minimum atomic E-state index is -0.937. The van der Waals surface area contributed by atoms with Gasteiger partial charge in [0.05, 0.1) is 6.04 Å². The maximum absolute atomic E-state index is 13.8. The van der Waals surface area contributed by atoms with Crippen LogP contribution in [0.5, 0.6) is 5.75 Å². The Labute approximate surface area is 185 Å². The van der Waals surface area contributed by atoms with Crippen molar-refractivity contribution < 1.29 is 14.3 Å². The van der Waals surface area contributed by atoms with Crippen molar-refractivity contribution >= 4 is 29.2 Å². The number of ether oxygens (including phenoxy) is 1. The van der Waals surface area contributed by atoms with Crippen LogP contribution in [0, 0.1) is 6.92 Å². The minimum absolute atomic E-state index is 0.326. The number of anilines is 1. The molecule has 6 heteroatoms. The summed E-state index contributed by atoms with van der Waals surface area (Å²) in [6, 6.07) is 21.0. The number of imide groups is 1. The fraction of sp³-hybridized carbons (Fsp3) is 0.200. The number of aryl methyl sites for hydroxylation is 1. The van der Waals surface area contributed by atoms with E-state index >= 15 is 0 Å². The lowest BCUT2D eigenvalue weighted by Gasteiger charge is -2.53. The van der Waals surface area contributed by atoms with Crippen LogP contribution in [0.2, 0.25) is 5.02 Å². The molecule has 2 unspecified atom stereocenters. The van der Waals surface area contributed by atoms with E-state index in [1.165, 1.54) is 4.90 Å². The molecule has 5 nitrogen and oxygen atoms in total. The van der Waals surface area contributed by atoms with E-state index in [1.807, 2.05) is 50.2 Å². The third-order valence-corrected chi connectivity index (χ3v) is 6.22. The number of carbonyl (C=O) groups excluding carboxylic acids is 2. The van der Waals surface area contributed by atoms with Crippen LogP contribution in [-0.2, 0) is 0 Å². The van der Waals surface area contributed by atoms with Crippen molar-refractivity contribution in [2.45, 2.75) is 32.0 Å². The van der Waals surface area contributed by atoms with Crippen molar-refractivity contribution in [2.75, 3.05) is 4.90 Å². The summed E-state index contributed by atoms with van der Waals surface area (Å²) in [5.41, 5.74) is 2.05. The number of halogens is 1. The number of benzene rings is 3. The molecule has 0 saturated carbocycles. The molecular weight excluding hydrogens is 412 g/mol. The van der Waals surface area contributed by atoms with Gasteiger partial charge in [-0.15, -0.1) is 0 Å². The monoisotopic (exact) mass is 432 g/mol. The fourth-order valence-electron chi connectivity index (χ4n) is 4.44. The normalized spacial score (nSPS) is 22.0. The molecule has 5 rings (SSSR count). The van der Waals surface area contributed by atoms with Gasteiger partial charge in [0.25, 0.3) is 5.91 Å². The van der Waals surface area contributed by atoms with E-state index in [0.717, 1.165) is 11.1 Å². The van der Waals surface area contributed by atoms with Gasteiger partial charge in [-0.3, -0.25) is 14.6 Å². The summed E-state index contributed by atoms with van der Waals surface area (Å²) in [5, 5.41) is 0.568. The maximum atomic E-state index is 13.8. The lowest BCUT2D eigenvalue weighted by atomic mass is 9.88. The van der Waals surface area contributed by atoms with E-state index in [2.05, 4.69) is 0 Å². The average molecular weight is 433 g/mol. The van der Waals surface area contributed by atoms with Gasteiger partial charge in [0.2, 0.25) is 0 Å². The van der Waals surface area contributed by atoms with E-state index in [1.54, 1.807) is 41.3 Å². The number of carbonyl (C=O) groups is 2. The van der Waals surface area contributed by atoms with Gasteiger partial charge in [-0.1, -0.05) is 47.5 Å². The molecule has 2 aliphatic rings. The van der Waals surface area contributed by atoms with E-state index in [9.17, 15) is 9.59 Å². The molecule has 156 valence electrons. The first-order valence-electron chi connectivity index (χ1n) is 10.2. The zero-order chi connectivity index (χ0) is 21.8. The predicted octanol–water partition coefficient (Wildman–Crippen LogP) is 5.97. The quantitative estimate of drug-likeness (QED) is 0.501. The molecule has 31 heavy (non-hydrogen) atoms. The Balaban J connectivity index is 1.66. The number of para-hydroxylation sites is 1. The highest BCUT2D eigenvalue weighted by molar-refractivity contribution is 6.30. The molecule has 2 bridgehead atoms. The zero-order valence-electron chi connectivity index (χ0n) is 17.2. The second-order valence-corrected chi connectivity index (χ2v) is 8.61. The Morgan fingerprint density at radius 2 is 1.71 bits per heavy atom. The van der Waals surface area contributed by atoms with E-state index in [0.29, 0.717) is 28.4 Å². The highest BCUT2D eigenvalue weighted by Crippen LogP contribution is 2.49. The molecular formula is C25H21ClN2O3. The highest BCUT2D eigenvalue weighted by atomic mass is 35.5. The van der Waals surface area contributed by atoms with Gasteiger partial charge in [0, 0.05) is 28.3 Å². The summed E-state index contributed by atoms with van der Waals surface area (Å²) in [4.78, 5) is 30.3. The summed E-state index contributed by atoms with van der Waals surface area (Å²) in [6.45, 7) is 3.85. The molecule has 2 aliphatic heterocycles. The van der Waals surface area contributed by atoms with Crippen molar-refractivity contribution in [1.82, 2.24) is 4.90 Å². The Kier molecular flexibility index (Phi) is 4.52. The van der Waals surface area contributed by atoms with Gasteiger partial charge >= 0.3 is 6.03 Å². The van der Waals surface area contributed by atoms with Crippen LogP contribution in [-0.4, -0.2) is 22.6 Å². The van der Waals surface area contributed by atoms with Gasteiger partial charge in [0.1, 0.15) is 5.75 Å². The van der Waals surface area contributed by atoms with Crippen LogP contribution >= 0.6 is 11.6 Å². The Hall–Kier alpha value is -3.31. The van der Waals surface area contributed by atoms with Crippen LogP contribution in [0.1, 0.15) is 40.9 Å². The van der Waals surface area contributed by atoms with Crippen LogP contribution in [0.3, 0.4) is 0 Å². The number of nitrogens with zero attached hydrogens (tertiary/aromatic N) is 2. The molecule has 3 amide bonds. The lowest BCUT2D eigenvalue weighted by molar-refractivity contribution is 0.00268. The first-order chi connectivity index (χ1) is 14.9. The number of rotatable bonds is 2. The smallest absolute Gasteiger partial charge is 0.335 e. The van der Waals surface area contributed by atoms with E-state index < -0.39 is 17.8 Å². The van der Waals surface area contributed by atoms with Gasteiger partial charge in [0.15, 0.2) is 5.72 Å². The molecule has 0 N–H and O–H groups in total. The SMILES string of the molecule is Cc1ccc(C(=O)N2C(=O)N(c3ccc(Cl)cc3)C3(C)CC2c2ccccc2O3)cc1. The third kappa shape index (κ3) is 3.17. The van der Waals surface area contributed by atoms with Gasteiger partial charge < -0.3 is 4.74 Å². The number of hydrogen-bond acceptors (Lipinski definition) is 3. The van der Waals surface area contributed by atoms with Gasteiger partial charge in [-0.25, -0.2) is 4.79 Å². The molecule has 1 fully saturated rings. The standard InChI is InChI=1S/C25H21ClN2O3/c1-16-7-9-17(10-8-16)23(29)27-21-15-25(2,31-22-6-4-3-5-20(21)22)28(24(27)30)19-13-11-18(26)12-14-19/h3-14,21H,15H2,1-2H3. The Morgan fingerprint density at radius 3 is 2.42 bits per heavy atom. The first kappa shape index (κ1) is 19.6. The number of hydrogen-bond donors (Lipinski definition) is 0. The maximum Gasteiger partial charge on any atom is 0.335 e. The zero-order valence-corrected chi connectivity index (χ0v) is 18.0. The largest absolute Gasteiger partial charge is 0.467 e. The van der Waals surface area contributed by atoms with Crippen molar-refractivity contribution in [3.63, 3.8) is 0 Å². The second kappa shape index (κ2) is 7.13. The van der Waals surface area contributed by atoms with Crippen LogP contribution in [0.25, 0.3) is 0 Å². The summed E-state index contributed by atoms with van der Waals surface area (Å²) in [7, 11) is 0. The van der Waals surface area contributed by atoms with Crippen molar-refractivity contribution in [3.05, 3.63) is 94.5 Å². The van der Waals surface area contributed by atoms with E-state index in [-0.39, 0.29) is 5.91 Å². The molecule has 2 atom stereocenters. The fourth-order valence-corrected chi connectivity index (χ4v) is 4.57. The van der Waals surface area contributed by atoms with Crippen LogP contribution < -0.4 is 9.64 Å². The summed E-state index contributed by atoms with van der Waals surface area (Å²) in [5.74, 6) is 0.349. The molecule has 3 aromatic carbocycles. The predicted molar refractivity (Wildman–Crippen MR) is 120 cm³/mol. The van der Waals surface area contributed by atoms with Gasteiger partial charge in [-0.05, 0) is 56.3 Å². The molecule has 0 aromatic heterocycles. The Bertz CT molecular complexity index is 1180. The molecule has 2 heterocycles.